The smallest absolute Gasteiger partial charge is 0.0226 e. The van der Waals surface area contributed by atoms with Crippen molar-refractivity contribution in [2.45, 2.75) is 112 Å². The van der Waals surface area contributed by atoms with E-state index >= 15 is 0 Å². The topological polar surface area (TPSA) is 0 Å². The molecule has 160 valence electrons. The average molecular weight is 385 g/mol. The van der Waals surface area contributed by atoms with Gasteiger partial charge in [0.05, 0.1) is 0 Å². The highest BCUT2D eigenvalue weighted by Crippen LogP contribution is 2.68. The molecule has 0 heteroatoms. The summed E-state index contributed by atoms with van der Waals surface area (Å²) in [6, 6.07) is 0. The van der Waals surface area contributed by atoms with Crippen molar-refractivity contribution in [3.8, 4) is 0 Å². The summed E-state index contributed by atoms with van der Waals surface area (Å²) >= 11 is 0. The normalized spacial score (nSPS) is 46.5. The van der Waals surface area contributed by atoms with Crippen molar-refractivity contribution in [3.63, 3.8) is 0 Å². The fourth-order valence-corrected chi connectivity index (χ4v) is 9.24. The number of hydrogen-bond donors (Lipinski definition) is 0. The van der Waals surface area contributed by atoms with E-state index in [4.69, 9.17) is 0 Å². The number of fused-ring (bicyclic) bond motifs is 5. The van der Waals surface area contributed by atoms with Crippen LogP contribution >= 0.6 is 0 Å². The first kappa shape index (κ1) is 21.0. The lowest BCUT2D eigenvalue weighted by molar-refractivity contribution is -0.102. The third-order valence-electron chi connectivity index (χ3n) is 10.7. The molecule has 4 rings (SSSR count). The van der Waals surface area contributed by atoms with Crippen LogP contribution in [0.5, 0.6) is 0 Å². The van der Waals surface area contributed by atoms with Gasteiger partial charge in [-0.2, -0.15) is 0 Å². The maximum Gasteiger partial charge on any atom is -0.0226 e. The molecule has 0 heterocycles. The van der Waals surface area contributed by atoms with Crippen molar-refractivity contribution >= 4 is 0 Å². The van der Waals surface area contributed by atoms with Crippen molar-refractivity contribution in [2.24, 2.45) is 52.3 Å². The quantitative estimate of drug-likeness (QED) is 0.416. The fraction of sp³-hybridized carbons (Fsp3) is 0.929. The van der Waals surface area contributed by atoms with Crippen LogP contribution in [-0.2, 0) is 0 Å². The van der Waals surface area contributed by atoms with Gasteiger partial charge in [0.25, 0.3) is 0 Å². The lowest BCUT2D eigenvalue weighted by Crippen LogP contribution is -2.52. The van der Waals surface area contributed by atoms with Crippen molar-refractivity contribution < 1.29 is 0 Å². The Labute approximate surface area is 176 Å². The highest BCUT2D eigenvalue weighted by molar-refractivity contribution is 5.16. The van der Waals surface area contributed by atoms with Gasteiger partial charge in [-0.15, -0.1) is 0 Å². The molecule has 0 aromatic heterocycles. The van der Waals surface area contributed by atoms with Crippen LogP contribution in [0.1, 0.15) is 112 Å². The molecule has 0 aromatic carbocycles. The van der Waals surface area contributed by atoms with Crippen LogP contribution in [0.2, 0.25) is 0 Å². The summed E-state index contributed by atoms with van der Waals surface area (Å²) in [6.45, 7) is 15.2. The maximum absolute atomic E-state index is 2.74. The molecule has 0 aromatic rings. The second-order valence-electron chi connectivity index (χ2n) is 12.7. The van der Waals surface area contributed by atoms with Gasteiger partial charge in [-0.25, -0.2) is 0 Å². The molecule has 0 radical (unpaired) electrons. The van der Waals surface area contributed by atoms with E-state index in [1.165, 1.54) is 57.8 Å². The zero-order chi connectivity index (χ0) is 20.1. The van der Waals surface area contributed by atoms with E-state index in [9.17, 15) is 0 Å². The minimum atomic E-state index is 0.615. The Kier molecular flexibility index (Phi) is 5.83. The van der Waals surface area contributed by atoms with Gasteiger partial charge >= 0.3 is 0 Å². The molecule has 3 saturated carbocycles. The minimum absolute atomic E-state index is 0.615. The first-order chi connectivity index (χ1) is 13.3. The largest absolute Gasteiger partial charge is 0.0853 e. The predicted octanol–water partition coefficient (Wildman–Crippen LogP) is 8.66. The average Bonchev–Trinajstić information content (AvgIpc) is 2.98. The lowest BCUT2D eigenvalue weighted by atomic mass is 9.44. The Balaban J connectivity index is 1.48. The third-order valence-corrected chi connectivity index (χ3v) is 10.7. The molecule has 4 aliphatic carbocycles. The molecule has 3 fully saturated rings. The second kappa shape index (κ2) is 7.77. The van der Waals surface area contributed by atoms with Crippen molar-refractivity contribution in [3.05, 3.63) is 11.6 Å². The highest BCUT2D eigenvalue weighted by Gasteiger charge is 2.60. The monoisotopic (exact) mass is 384 g/mol. The molecule has 0 saturated heterocycles. The molecule has 0 unspecified atom stereocenters. The van der Waals surface area contributed by atoms with E-state index in [-0.39, 0.29) is 0 Å². The summed E-state index contributed by atoms with van der Waals surface area (Å²) < 4.78 is 0. The standard InChI is InChI=1S/C28H48/c1-19(2)8-7-9-21(4)24-14-15-25-23-13-12-22-11-10-20(3)18-28(22,6)26(23)16-17-27(24,25)5/h10,19,21-26H,7-9,11-18H2,1-6H3/t21-,22-,23+,24-,25+,26+,27-,28+/m1/s1. The van der Waals surface area contributed by atoms with Gasteiger partial charge in [0.2, 0.25) is 0 Å². The first-order valence-corrected chi connectivity index (χ1v) is 12.9. The molecule has 0 spiro atoms. The highest BCUT2D eigenvalue weighted by atomic mass is 14.6. The van der Waals surface area contributed by atoms with E-state index in [1.54, 1.807) is 18.4 Å². The van der Waals surface area contributed by atoms with Gasteiger partial charge < -0.3 is 0 Å². The summed E-state index contributed by atoms with van der Waals surface area (Å²) in [5.74, 6) is 6.89. The molecule has 28 heavy (non-hydrogen) atoms. The predicted molar refractivity (Wildman–Crippen MR) is 122 cm³/mol. The van der Waals surface area contributed by atoms with Gasteiger partial charge in [0.15, 0.2) is 0 Å². The Morgan fingerprint density at radius 3 is 2.43 bits per heavy atom. The van der Waals surface area contributed by atoms with Crippen LogP contribution in [0, 0.1) is 52.3 Å². The molecule has 0 amide bonds. The Morgan fingerprint density at radius 1 is 0.929 bits per heavy atom. The Bertz CT molecular complexity index is 585. The van der Waals surface area contributed by atoms with Crippen LogP contribution in [0.25, 0.3) is 0 Å². The van der Waals surface area contributed by atoms with Gasteiger partial charge in [0.1, 0.15) is 0 Å². The van der Waals surface area contributed by atoms with E-state index in [0.29, 0.717) is 10.8 Å². The molecular formula is C28H48. The van der Waals surface area contributed by atoms with Crippen LogP contribution in [0.4, 0.5) is 0 Å². The van der Waals surface area contributed by atoms with Crippen LogP contribution in [-0.4, -0.2) is 0 Å². The minimum Gasteiger partial charge on any atom is -0.0853 e. The molecule has 0 bridgehead atoms. The molecule has 0 nitrogen and oxygen atoms in total. The summed E-state index contributed by atoms with van der Waals surface area (Å²) in [4.78, 5) is 0. The second-order valence-corrected chi connectivity index (χ2v) is 12.7. The van der Waals surface area contributed by atoms with E-state index in [0.717, 1.165) is 41.4 Å². The molecule has 4 aliphatic rings. The summed E-state index contributed by atoms with van der Waals surface area (Å²) in [5.41, 5.74) is 2.96. The summed E-state index contributed by atoms with van der Waals surface area (Å²) in [6.07, 6.45) is 18.9. The molecule has 0 N–H and O–H groups in total. The Morgan fingerprint density at radius 2 is 1.68 bits per heavy atom. The van der Waals surface area contributed by atoms with Crippen molar-refractivity contribution in [1.82, 2.24) is 0 Å². The summed E-state index contributed by atoms with van der Waals surface area (Å²) in [5, 5.41) is 0. The van der Waals surface area contributed by atoms with Crippen molar-refractivity contribution in [2.75, 3.05) is 0 Å². The van der Waals surface area contributed by atoms with Gasteiger partial charge in [-0.1, -0.05) is 65.5 Å². The number of rotatable bonds is 5. The van der Waals surface area contributed by atoms with Gasteiger partial charge in [0, 0.05) is 0 Å². The van der Waals surface area contributed by atoms with Crippen molar-refractivity contribution in [1.29, 1.82) is 0 Å². The maximum atomic E-state index is 2.74. The van der Waals surface area contributed by atoms with E-state index < -0.39 is 0 Å². The van der Waals surface area contributed by atoms with Gasteiger partial charge in [-0.05, 0) is 111 Å². The number of hydrogen-bond acceptors (Lipinski definition) is 0. The van der Waals surface area contributed by atoms with E-state index in [1.807, 2.05) is 0 Å². The van der Waals surface area contributed by atoms with Gasteiger partial charge in [-0.3, -0.25) is 0 Å². The molecule has 0 aliphatic heterocycles. The fourth-order valence-electron chi connectivity index (χ4n) is 9.24. The first-order valence-electron chi connectivity index (χ1n) is 12.9. The Hall–Kier alpha value is -0.260. The summed E-state index contributed by atoms with van der Waals surface area (Å²) in [7, 11) is 0. The molecular weight excluding hydrogens is 336 g/mol. The van der Waals surface area contributed by atoms with Crippen LogP contribution in [0.3, 0.4) is 0 Å². The van der Waals surface area contributed by atoms with E-state index in [2.05, 4.69) is 47.6 Å². The zero-order valence-corrected chi connectivity index (χ0v) is 19.9. The third kappa shape index (κ3) is 3.43. The number of allylic oxidation sites excluding steroid dienone is 2. The molecule has 8 atom stereocenters. The van der Waals surface area contributed by atoms with Crippen LogP contribution in [0.15, 0.2) is 11.6 Å². The SMILES string of the molecule is CC1=CC[C@@H]2CC[C@@H]3[C@H](CC[C@]4(C)[C@@H]([C@H](C)CCCC(C)C)CC[C@@H]34)[C@@]2(C)C1. The zero-order valence-electron chi connectivity index (χ0n) is 19.9. The lowest BCUT2D eigenvalue weighted by Gasteiger charge is -2.60. The van der Waals surface area contributed by atoms with Crippen LogP contribution < -0.4 is 0 Å².